The molecule has 0 saturated heterocycles. The number of aryl methyl sites for hydroxylation is 1. The minimum atomic E-state index is 0.548. The van der Waals surface area contributed by atoms with Crippen LogP contribution < -0.4 is 5.32 Å². The smallest absolute Gasteiger partial charge is 0.133 e. The Hall–Kier alpha value is -1.93. The Morgan fingerprint density at radius 3 is 2.95 bits per heavy atom. The van der Waals surface area contributed by atoms with E-state index in [1.807, 2.05) is 31.2 Å². The molecule has 2 aromatic rings. The number of nitrogens with zero attached hydrogens (tertiary/aromatic N) is 2. The first-order chi connectivity index (χ1) is 9.24. The molecule has 0 unspecified atom stereocenters. The molecule has 0 fully saturated rings. The Labute approximate surface area is 116 Å². The van der Waals surface area contributed by atoms with Crippen LogP contribution in [0.3, 0.4) is 0 Å². The molecule has 0 saturated carbocycles. The number of rotatable bonds is 5. The fourth-order valence-corrected chi connectivity index (χ4v) is 2.54. The van der Waals surface area contributed by atoms with Gasteiger partial charge in [0.2, 0.25) is 0 Å². The summed E-state index contributed by atoms with van der Waals surface area (Å²) in [6.45, 7) is 4.48. The molecule has 0 aliphatic heterocycles. The van der Waals surface area contributed by atoms with Gasteiger partial charge in [0, 0.05) is 11.0 Å². The van der Waals surface area contributed by atoms with Gasteiger partial charge >= 0.3 is 0 Å². The van der Waals surface area contributed by atoms with Crippen LogP contribution in [0.5, 0.6) is 0 Å². The van der Waals surface area contributed by atoms with Crippen molar-refractivity contribution in [1.82, 2.24) is 5.16 Å². The molecule has 19 heavy (non-hydrogen) atoms. The van der Waals surface area contributed by atoms with Crippen LogP contribution in [0.15, 0.2) is 33.7 Å². The van der Waals surface area contributed by atoms with Crippen LogP contribution in [0.4, 0.5) is 5.69 Å². The second kappa shape index (κ2) is 6.30. The normalized spacial score (nSPS) is 10.2. The van der Waals surface area contributed by atoms with Gasteiger partial charge in [-0.2, -0.15) is 5.26 Å². The van der Waals surface area contributed by atoms with Crippen molar-refractivity contribution < 1.29 is 4.52 Å². The average Bonchev–Trinajstić information content (AvgIpc) is 2.83. The van der Waals surface area contributed by atoms with Crippen molar-refractivity contribution >= 4 is 17.4 Å². The number of aromatic nitrogens is 1. The van der Waals surface area contributed by atoms with E-state index in [9.17, 15) is 5.26 Å². The van der Waals surface area contributed by atoms with E-state index < -0.39 is 0 Å². The maximum atomic E-state index is 9.29. The molecule has 0 spiro atoms. The molecule has 0 bridgehead atoms. The summed E-state index contributed by atoms with van der Waals surface area (Å²) in [5.74, 6) is 1.73. The van der Waals surface area contributed by atoms with E-state index in [1.54, 1.807) is 11.8 Å². The Morgan fingerprint density at radius 2 is 2.32 bits per heavy atom. The van der Waals surface area contributed by atoms with Crippen molar-refractivity contribution in [2.75, 3.05) is 11.1 Å². The zero-order valence-corrected chi connectivity index (χ0v) is 11.8. The van der Waals surface area contributed by atoms with Crippen LogP contribution in [0.25, 0.3) is 0 Å². The van der Waals surface area contributed by atoms with Gasteiger partial charge in [0.05, 0.1) is 17.8 Å². The van der Waals surface area contributed by atoms with Crippen LogP contribution in [0.2, 0.25) is 0 Å². The molecule has 4 nitrogen and oxygen atoms in total. The quantitative estimate of drug-likeness (QED) is 0.844. The van der Waals surface area contributed by atoms with E-state index >= 15 is 0 Å². The predicted molar refractivity (Wildman–Crippen MR) is 76.1 cm³/mol. The molecule has 1 aromatic carbocycles. The van der Waals surface area contributed by atoms with Crippen molar-refractivity contribution in [1.29, 1.82) is 5.26 Å². The second-order valence-electron chi connectivity index (χ2n) is 4.01. The number of thioether (sulfide) groups is 1. The molecule has 0 amide bonds. The van der Waals surface area contributed by atoms with E-state index in [2.05, 4.69) is 23.5 Å². The van der Waals surface area contributed by atoms with Gasteiger partial charge in [-0.15, -0.1) is 11.8 Å². The molecule has 98 valence electrons. The monoisotopic (exact) mass is 273 g/mol. The average molecular weight is 273 g/mol. The highest BCUT2D eigenvalue weighted by Gasteiger charge is 2.08. The van der Waals surface area contributed by atoms with E-state index in [4.69, 9.17) is 4.52 Å². The van der Waals surface area contributed by atoms with Gasteiger partial charge in [0.25, 0.3) is 0 Å². The van der Waals surface area contributed by atoms with Gasteiger partial charge in [-0.3, -0.25) is 0 Å². The minimum Gasteiger partial charge on any atom is -0.378 e. The van der Waals surface area contributed by atoms with Gasteiger partial charge in [-0.05, 0) is 24.8 Å². The largest absolute Gasteiger partial charge is 0.378 e. The maximum Gasteiger partial charge on any atom is 0.133 e. The van der Waals surface area contributed by atoms with Crippen molar-refractivity contribution in [3.8, 4) is 6.07 Å². The third-order valence-corrected chi connectivity index (χ3v) is 3.51. The van der Waals surface area contributed by atoms with Crippen molar-refractivity contribution in [2.45, 2.75) is 25.3 Å². The lowest BCUT2D eigenvalue weighted by Gasteiger charge is -2.09. The summed E-state index contributed by atoms with van der Waals surface area (Å²) in [6.07, 6.45) is 0. The lowest BCUT2D eigenvalue weighted by molar-refractivity contribution is 0.391. The summed E-state index contributed by atoms with van der Waals surface area (Å²) in [6, 6.07) is 9.97. The Morgan fingerprint density at radius 1 is 1.47 bits per heavy atom. The third kappa shape index (κ3) is 3.30. The van der Waals surface area contributed by atoms with Crippen molar-refractivity contribution in [3.63, 3.8) is 0 Å². The van der Waals surface area contributed by atoms with Crippen LogP contribution in [0, 0.1) is 18.3 Å². The number of nitriles is 1. The number of hydrogen-bond donors (Lipinski definition) is 1. The van der Waals surface area contributed by atoms with Gasteiger partial charge in [0.15, 0.2) is 0 Å². The molecule has 1 aromatic heterocycles. The van der Waals surface area contributed by atoms with E-state index in [1.165, 1.54) is 0 Å². The molecule has 5 heteroatoms. The molecule has 0 aliphatic rings. The molecule has 1 heterocycles. The number of nitrogens with one attached hydrogen (secondary N) is 1. The summed E-state index contributed by atoms with van der Waals surface area (Å²) in [7, 11) is 0. The molecular formula is C14H15N3OS. The Bertz CT molecular complexity index is 601. The standard InChI is InChI=1S/C14H15N3OS/c1-3-19-14-6-4-5-13(12(14)8-15)16-9-11-7-10(2)18-17-11/h4-7,16H,3,9H2,1-2H3. The second-order valence-corrected chi connectivity index (χ2v) is 5.31. The Balaban J connectivity index is 2.16. The lowest BCUT2D eigenvalue weighted by atomic mass is 10.2. The molecule has 0 radical (unpaired) electrons. The Kier molecular flexibility index (Phi) is 4.48. The minimum absolute atomic E-state index is 0.548. The van der Waals surface area contributed by atoms with Gasteiger partial charge in [-0.25, -0.2) is 0 Å². The zero-order valence-electron chi connectivity index (χ0n) is 10.9. The summed E-state index contributed by atoms with van der Waals surface area (Å²) in [5, 5.41) is 16.4. The fourth-order valence-electron chi connectivity index (χ4n) is 1.76. The van der Waals surface area contributed by atoms with Gasteiger partial charge < -0.3 is 9.84 Å². The first-order valence-corrected chi connectivity index (χ1v) is 7.05. The molecule has 1 N–H and O–H groups in total. The highest BCUT2D eigenvalue weighted by molar-refractivity contribution is 7.99. The molecule has 0 atom stereocenters. The molecule has 2 rings (SSSR count). The van der Waals surface area contributed by atoms with Crippen LogP contribution in [-0.2, 0) is 6.54 Å². The molecular weight excluding hydrogens is 258 g/mol. The maximum absolute atomic E-state index is 9.29. The molecule has 0 aliphatic carbocycles. The first kappa shape index (κ1) is 13.5. The topological polar surface area (TPSA) is 61.9 Å². The van der Waals surface area contributed by atoms with Crippen LogP contribution in [-0.4, -0.2) is 10.9 Å². The van der Waals surface area contributed by atoms with Gasteiger partial charge in [0.1, 0.15) is 17.5 Å². The van der Waals surface area contributed by atoms with E-state index in [0.717, 1.165) is 27.8 Å². The van der Waals surface area contributed by atoms with Crippen LogP contribution in [0.1, 0.15) is 23.9 Å². The summed E-state index contributed by atoms with van der Waals surface area (Å²) in [5.41, 5.74) is 2.35. The number of anilines is 1. The lowest BCUT2D eigenvalue weighted by Crippen LogP contribution is -2.02. The number of hydrogen-bond acceptors (Lipinski definition) is 5. The fraction of sp³-hybridized carbons (Fsp3) is 0.286. The SMILES string of the molecule is CCSc1cccc(NCc2cc(C)on2)c1C#N. The highest BCUT2D eigenvalue weighted by Crippen LogP contribution is 2.28. The highest BCUT2D eigenvalue weighted by atomic mass is 32.2. The van der Waals surface area contributed by atoms with E-state index in [0.29, 0.717) is 12.1 Å². The van der Waals surface area contributed by atoms with Gasteiger partial charge in [-0.1, -0.05) is 18.1 Å². The van der Waals surface area contributed by atoms with Crippen molar-refractivity contribution in [3.05, 3.63) is 41.3 Å². The van der Waals surface area contributed by atoms with Crippen LogP contribution >= 0.6 is 11.8 Å². The zero-order chi connectivity index (χ0) is 13.7. The third-order valence-electron chi connectivity index (χ3n) is 2.57. The summed E-state index contributed by atoms with van der Waals surface area (Å²) >= 11 is 1.67. The first-order valence-electron chi connectivity index (χ1n) is 6.06. The van der Waals surface area contributed by atoms with Crippen molar-refractivity contribution in [2.24, 2.45) is 0 Å². The predicted octanol–water partition coefficient (Wildman–Crippen LogP) is 3.58. The van der Waals surface area contributed by atoms with E-state index in [-0.39, 0.29) is 0 Å². The summed E-state index contributed by atoms with van der Waals surface area (Å²) < 4.78 is 5.01. The number of benzene rings is 1. The summed E-state index contributed by atoms with van der Waals surface area (Å²) in [4.78, 5) is 1.01.